The number of benzene rings is 1. The summed E-state index contributed by atoms with van der Waals surface area (Å²) in [5.74, 6) is 0. The van der Waals surface area contributed by atoms with Gasteiger partial charge in [-0.1, -0.05) is 18.2 Å². The Morgan fingerprint density at radius 1 is 1.12 bits per heavy atom. The van der Waals surface area contributed by atoms with Gasteiger partial charge in [-0.05, 0) is 23.8 Å². The van der Waals surface area contributed by atoms with Gasteiger partial charge in [0.2, 0.25) is 0 Å². The molecule has 0 amide bonds. The first kappa shape index (κ1) is 11.4. The lowest BCUT2D eigenvalue weighted by Gasteiger charge is -2.09. The molecule has 0 aliphatic rings. The molecule has 0 fully saturated rings. The van der Waals surface area contributed by atoms with Gasteiger partial charge in [-0.3, -0.25) is 0 Å². The first-order valence-corrected chi connectivity index (χ1v) is 4.91. The maximum absolute atomic E-state index is 12.7. The van der Waals surface area contributed by atoms with E-state index in [-0.39, 0.29) is 5.56 Å². The van der Waals surface area contributed by atoms with E-state index in [1.807, 2.05) is 0 Å². The Labute approximate surface area is 96.0 Å². The average molecular weight is 238 g/mol. The molecule has 0 radical (unpaired) electrons. The summed E-state index contributed by atoms with van der Waals surface area (Å²) < 4.78 is 39.4. The van der Waals surface area contributed by atoms with E-state index in [4.69, 9.17) is 0 Å². The van der Waals surface area contributed by atoms with Gasteiger partial charge in [0.25, 0.3) is 0 Å². The molecule has 0 saturated carbocycles. The van der Waals surface area contributed by atoms with Gasteiger partial charge in [0.15, 0.2) is 0 Å². The molecule has 0 bridgehead atoms. The molecule has 5 heteroatoms. The zero-order valence-corrected chi connectivity index (χ0v) is 8.72. The molecular formula is C12H9F3N2. The lowest BCUT2D eigenvalue weighted by atomic mass is 10.1. The molecule has 0 unspecified atom stereocenters. The van der Waals surface area contributed by atoms with E-state index in [9.17, 15) is 13.2 Å². The summed E-state index contributed by atoms with van der Waals surface area (Å²) in [6.45, 7) is 0. The van der Waals surface area contributed by atoms with Crippen molar-refractivity contribution >= 4 is 12.3 Å². The molecule has 2 nitrogen and oxygen atoms in total. The molecule has 1 aromatic carbocycles. The molecule has 17 heavy (non-hydrogen) atoms. The van der Waals surface area contributed by atoms with Crippen molar-refractivity contribution < 1.29 is 13.2 Å². The Kier molecular flexibility index (Phi) is 2.99. The Morgan fingerprint density at radius 2 is 1.88 bits per heavy atom. The maximum Gasteiger partial charge on any atom is 0.416 e. The van der Waals surface area contributed by atoms with Gasteiger partial charge < -0.3 is 0 Å². The minimum Gasteiger partial charge on any atom is -0.248 e. The minimum atomic E-state index is -4.34. The number of alkyl halides is 3. The number of hydrogen-bond acceptors (Lipinski definition) is 1. The highest BCUT2D eigenvalue weighted by Gasteiger charge is 2.32. The summed E-state index contributed by atoms with van der Waals surface area (Å²) in [6, 6.07) is 7.11. The van der Waals surface area contributed by atoms with Crippen LogP contribution in [0.25, 0.3) is 12.3 Å². The standard InChI is InChI=1S/C12H9F3N2/c13-12(14,15)11-5-2-1-4-10(11)6-9-17-8-3-7-16-17/h1-9H. The van der Waals surface area contributed by atoms with Gasteiger partial charge in [0.05, 0.1) is 5.56 Å². The highest BCUT2D eigenvalue weighted by molar-refractivity contribution is 5.63. The van der Waals surface area contributed by atoms with E-state index in [1.165, 1.54) is 29.1 Å². The van der Waals surface area contributed by atoms with Crippen LogP contribution in [-0.2, 0) is 6.18 Å². The third kappa shape index (κ3) is 2.75. The van der Waals surface area contributed by atoms with Crippen LogP contribution in [0.2, 0.25) is 0 Å². The summed E-state index contributed by atoms with van der Waals surface area (Å²) in [4.78, 5) is 0. The van der Waals surface area contributed by atoms with Crippen molar-refractivity contribution in [2.45, 2.75) is 6.18 Å². The largest absolute Gasteiger partial charge is 0.416 e. The lowest BCUT2D eigenvalue weighted by molar-refractivity contribution is -0.137. The summed E-state index contributed by atoms with van der Waals surface area (Å²) >= 11 is 0. The smallest absolute Gasteiger partial charge is 0.248 e. The first-order valence-electron chi connectivity index (χ1n) is 4.91. The first-order chi connectivity index (χ1) is 8.07. The average Bonchev–Trinajstić information content (AvgIpc) is 2.78. The molecule has 0 aliphatic carbocycles. The fourth-order valence-corrected chi connectivity index (χ4v) is 1.43. The van der Waals surface area contributed by atoms with Crippen LogP contribution >= 0.6 is 0 Å². The van der Waals surface area contributed by atoms with Crippen LogP contribution < -0.4 is 0 Å². The van der Waals surface area contributed by atoms with Crippen molar-refractivity contribution in [1.29, 1.82) is 0 Å². The predicted molar refractivity (Wildman–Crippen MR) is 58.9 cm³/mol. The van der Waals surface area contributed by atoms with E-state index in [0.29, 0.717) is 0 Å². The monoisotopic (exact) mass is 238 g/mol. The summed E-state index contributed by atoms with van der Waals surface area (Å²) in [7, 11) is 0. The third-order valence-corrected chi connectivity index (χ3v) is 2.20. The number of aromatic nitrogens is 2. The molecule has 0 aliphatic heterocycles. The molecule has 1 heterocycles. The molecule has 88 valence electrons. The molecule has 0 saturated heterocycles. The van der Waals surface area contributed by atoms with E-state index in [1.54, 1.807) is 24.5 Å². The van der Waals surface area contributed by atoms with Gasteiger partial charge in [-0.25, -0.2) is 4.68 Å². The zero-order valence-electron chi connectivity index (χ0n) is 8.72. The fraction of sp³-hybridized carbons (Fsp3) is 0.0833. The predicted octanol–water partition coefficient (Wildman–Crippen LogP) is 3.53. The molecule has 0 N–H and O–H groups in total. The van der Waals surface area contributed by atoms with E-state index >= 15 is 0 Å². The van der Waals surface area contributed by atoms with Gasteiger partial charge in [0.1, 0.15) is 0 Å². The van der Waals surface area contributed by atoms with Crippen molar-refractivity contribution in [3.63, 3.8) is 0 Å². The van der Waals surface area contributed by atoms with Crippen molar-refractivity contribution in [3.05, 3.63) is 53.9 Å². The van der Waals surface area contributed by atoms with Gasteiger partial charge in [0, 0.05) is 18.6 Å². The lowest BCUT2D eigenvalue weighted by Crippen LogP contribution is -2.06. The topological polar surface area (TPSA) is 17.8 Å². The van der Waals surface area contributed by atoms with Crippen LogP contribution in [0.4, 0.5) is 13.2 Å². The van der Waals surface area contributed by atoms with Crippen LogP contribution in [0.3, 0.4) is 0 Å². The Bertz CT molecular complexity index is 513. The Hall–Kier alpha value is -2.04. The second-order valence-electron chi connectivity index (χ2n) is 3.39. The van der Waals surface area contributed by atoms with Gasteiger partial charge in [-0.15, -0.1) is 0 Å². The molecule has 2 aromatic rings. The van der Waals surface area contributed by atoms with Crippen molar-refractivity contribution in [2.75, 3.05) is 0 Å². The highest BCUT2D eigenvalue weighted by atomic mass is 19.4. The number of halogens is 3. The highest BCUT2D eigenvalue weighted by Crippen LogP contribution is 2.32. The normalized spacial score (nSPS) is 12.2. The molecule has 1 aromatic heterocycles. The second kappa shape index (κ2) is 4.45. The van der Waals surface area contributed by atoms with Crippen LogP contribution in [0.15, 0.2) is 42.7 Å². The summed E-state index contributed by atoms with van der Waals surface area (Å²) in [5.41, 5.74) is -0.529. The SMILES string of the molecule is FC(F)(F)c1ccccc1C=Cn1cccn1. The quantitative estimate of drug-likeness (QED) is 0.782. The van der Waals surface area contributed by atoms with E-state index in [2.05, 4.69) is 5.10 Å². The van der Waals surface area contributed by atoms with Crippen molar-refractivity contribution in [2.24, 2.45) is 0 Å². The fourth-order valence-electron chi connectivity index (χ4n) is 1.43. The molecule has 0 atom stereocenters. The number of nitrogens with zero attached hydrogens (tertiary/aromatic N) is 2. The Morgan fingerprint density at radius 3 is 2.53 bits per heavy atom. The van der Waals surface area contributed by atoms with Crippen molar-refractivity contribution in [1.82, 2.24) is 9.78 Å². The molecule has 2 rings (SSSR count). The van der Waals surface area contributed by atoms with E-state index < -0.39 is 11.7 Å². The molecular weight excluding hydrogens is 229 g/mol. The van der Waals surface area contributed by atoms with Gasteiger partial charge >= 0.3 is 6.18 Å². The second-order valence-corrected chi connectivity index (χ2v) is 3.39. The summed E-state index contributed by atoms with van der Waals surface area (Å²) in [6.07, 6.45) is 1.72. The number of hydrogen-bond donors (Lipinski definition) is 0. The van der Waals surface area contributed by atoms with Crippen LogP contribution in [-0.4, -0.2) is 9.78 Å². The van der Waals surface area contributed by atoms with Gasteiger partial charge in [-0.2, -0.15) is 18.3 Å². The van der Waals surface area contributed by atoms with Crippen LogP contribution in [0, 0.1) is 0 Å². The van der Waals surface area contributed by atoms with Crippen LogP contribution in [0.5, 0.6) is 0 Å². The minimum absolute atomic E-state index is 0.121. The maximum atomic E-state index is 12.7. The third-order valence-electron chi connectivity index (χ3n) is 2.20. The zero-order chi connectivity index (χ0) is 12.3. The van der Waals surface area contributed by atoms with E-state index in [0.717, 1.165) is 6.07 Å². The van der Waals surface area contributed by atoms with Crippen molar-refractivity contribution in [3.8, 4) is 0 Å². The summed E-state index contributed by atoms with van der Waals surface area (Å²) in [5, 5.41) is 3.87. The van der Waals surface area contributed by atoms with Crippen LogP contribution in [0.1, 0.15) is 11.1 Å². The Balaban J connectivity index is 2.33. The molecule has 0 spiro atoms. The number of rotatable bonds is 2.